The van der Waals surface area contributed by atoms with Crippen molar-refractivity contribution in [3.63, 3.8) is 0 Å². The van der Waals surface area contributed by atoms with Crippen LogP contribution in [0, 0.1) is 0 Å². The van der Waals surface area contributed by atoms with Gasteiger partial charge in [-0.25, -0.2) is 0 Å². The molecular weight excluding hydrogens is 362 g/mol. The minimum Gasteiger partial charge on any atom is -0.369 e. The molecule has 118 valence electrons. The molecule has 1 aliphatic carbocycles. The van der Waals surface area contributed by atoms with Gasteiger partial charge in [-0.3, -0.25) is 0 Å². The molecule has 0 aliphatic heterocycles. The second kappa shape index (κ2) is 8.42. The third-order valence-corrected chi connectivity index (χ3v) is 4.57. The fourth-order valence-corrected chi connectivity index (χ4v) is 3.27. The van der Waals surface area contributed by atoms with E-state index in [9.17, 15) is 0 Å². The largest absolute Gasteiger partial charge is 0.369 e. The predicted molar refractivity (Wildman–Crippen MR) is 95.9 cm³/mol. The highest BCUT2D eigenvalue weighted by Crippen LogP contribution is 2.29. The van der Waals surface area contributed by atoms with Crippen molar-refractivity contribution in [2.24, 2.45) is 0 Å². The van der Waals surface area contributed by atoms with Gasteiger partial charge >= 0.3 is 0 Å². The van der Waals surface area contributed by atoms with Gasteiger partial charge in [0.15, 0.2) is 0 Å². The number of hydrogen-bond donors (Lipinski definition) is 0. The molecule has 0 heterocycles. The van der Waals surface area contributed by atoms with Crippen LogP contribution in [0.15, 0.2) is 52.1 Å². The van der Waals surface area contributed by atoms with E-state index < -0.39 is 0 Å². The van der Waals surface area contributed by atoms with Crippen LogP contribution in [-0.2, 0) is 11.3 Å². The van der Waals surface area contributed by atoms with Crippen molar-refractivity contribution in [3.8, 4) is 0 Å². The lowest BCUT2D eigenvalue weighted by Crippen LogP contribution is -2.15. The van der Waals surface area contributed by atoms with Gasteiger partial charge in [-0.2, -0.15) is 0 Å². The topological polar surface area (TPSA) is 9.23 Å². The Morgan fingerprint density at radius 2 is 1.95 bits per heavy atom. The van der Waals surface area contributed by atoms with E-state index in [0.29, 0.717) is 26.7 Å². The minimum absolute atomic E-state index is 0.0808. The quantitative estimate of drug-likeness (QED) is 0.544. The molecule has 0 N–H and O–H groups in total. The number of benzene rings is 1. The van der Waals surface area contributed by atoms with Crippen molar-refractivity contribution in [2.45, 2.75) is 32.5 Å². The van der Waals surface area contributed by atoms with E-state index in [2.05, 4.69) is 6.92 Å². The Labute approximate surface area is 151 Å². The molecule has 1 unspecified atom stereocenters. The average molecular weight is 378 g/mol. The maximum absolute atomic E-state index is 6.34. The summed E-state index contributed by atoms with van der Waals surface area (Å²) in [5.74, 6) is 0. The summed E-state index contributed by atoms with van der Waals surface area (Å²) >= 11 is 24.4. The molecule has 1 nitrogen and oxygen atoms in total. The fraction of sp³-hybridized carbons (Fsp3) is 0.294. The molecule has 1 aromatic carbocycles. The van der Waals surface area contributed by atoms with Crippen LogP contribution in [0.3, 0.4) is 0 Å². The Morgan fingerprint density at radius 3 is 2.64 bits per heavy atom. The summed E-state index contributed by atoms with van der Waals surface area (Å²) < 4.78 is 6.02. The molecule has 0 saturated heterocycles. The van der Waals surface area contributed by atoms with E-state index in [1.54, 1.807) is 18.2 Å². The number of rotatable bonds is 5. The summed E-state index contributed by atoms with van der Waals surface area (Å²) in [6.07, 6.45) is 7.05. The van der Waals surface area contributed by atoms with Gasteiger partial charge in [0.25, 0.3) is 0 Å². The van der Waals surface area contributed by atoms with Gasteiger partial charge in [-0.05, 0) is 48.3 Å². The van der Waals surface area contributed by atoms with Gasteiger partial charge in [0.2, 0.25) is 0 Å². The predicted octanol–water partition coefficient (Wildman–Crippen LogP) is 6.86. The highest BCUT2D eigenvalue weighted by molar-refractivity contribution is 6.36. The number of allylic oxidation sites excluding steroid dienone is 5. The highest BCUT2D eigenvalue weighted by Gasteiger charge is 2.17. The lowest BCUT2D eigenvalue weighted by atomic mass is 10.0. The Kier molecular flexibility index (Phi) is 6.86. The third-order valence-electron chi connectivity index (χ3n) is 3.40. The van der Waals surface area contributed by atoms with Crippen molar-refractivity contribution in [1.82, 2.24) is 0 Å². The van der Waals surface area contributed by atoms with Gasteiger partial charge in [0.05, 0.1) is 12.7 Å². The van der Waals surface area contributed by atoms with Crippen LogP contribution in [-0.4, -0.2) is 6.10 Å². The molecule has 0 amide bonds. The lowest BCUT2D eigenvalue weighted by molar-refractivity contribution is 0.0607. The molecule has 0 aromatic heterocycles. The number of ether oxygens (including phenoxy) is 1. The molecule has 1 aromatic rings. The van der Waals surface area contributed by atoms with E-state index >= 15 is 0 Å². The maximum Gasteiger partial charge on any atom is 0.0807 e. The second-order valence-corrected chi connectivity index (χ2v) is 6.64. The first kappa shape index (κ1) is 17.9. The van der Waals surface area contributed by atoms with E-state index in [1.165, 1.54) is 0 Å². The van der Waals surface area contributed by atoms with Gasteiger partial charge < -0.3 is 4.74 Å². The molecule has 0 fully saturated rings. The van der Waals surface area contributed by atoms with Crippen LogP contribution in [0.5, 0.6) is 0 Å². The van der Waals surface area contributed by atoms with Gasteiger partial charge in [0.1, 0.15) is 0 Å². The van der Waals surface area contributed by atoms with E-state index in [0.717, 1.165) is 24.0 Å². The summed E-state index contributed by atoms with van der Waals surface area (Å²) in [5, 5.41) is 2.48. The zero-order valence-electron chi connectivity index (χ0n) is 12.1. The monoisotopic (exact) mass is 376 g/mol. The molecule has 1 atom stereocenters. The first-order valence-corrected chi connectivity index (χ1v) is 8.50. The second-order valence-electron chi connectivity index (χ2n) is 4.95. The van der Waals surface area contributed by atoms with E-state index in [-0.39, 0.29) is 6.10 Å². The van der Waals surface area contributed by atoms with E-state index in [1.807, 2.05) is 18.2 Å². The summed E-state index contributed by atoms with van der Waals surface area (Å²) in [6, 6.07) is 5.39. The lowest BCUT2D eigenvalue weighted by Gasteiger charge is -2.20. The van der Waals surface area contributed by atoms with Crippen molar-refractivity contribution in [3.05, 3.63) is 67.7 Å². The first-order chi connectivity index (χ1) is 10.5. The van der Waals surface area contributed by atoms with Crippen LogP contribution in [0.4, 0.5) is 0 Å². The Morgan fingerprint density at radius 1 is 1.18 bits per heavy atom. The average Bonchev–Trinajstić information content (AvgIpc) is 2.63. The van der Waals surface area contributed by atoms with Crippen LogP contribution < -0.4 is 0 Å². The van der Waals surface area contributed by atoms with Gasteiger partial charge in [0, 0.05) is 20.1 Å². The summed E-state index contributed by atoms with van der Waals surface area (Å²) in [7, 11) is 0. The zero-order chi connectivity index (χ0) is 16.1. The molecule has 22 heavy (non-hydrogen) atoms. The Balaban J connectivity index is 2.12. The highest BCUT2D eigenvalue weighted by atomic mass is 35.5. The molecule has 2 rings (SSSR count). The molecule has 0 saturated carbocycles. The molecule has 0 spiro atoms. The van der Waals surface area contributed by atoms with Gasteiger partial charge in [-0.1, -0.05) is 65.5 Å². The summed E-state index contributed by atoms with van der Waals surface area (Å²) in [4.78, 5) is 0. The molecule has 1 aliphatic rings. The smallest absolute Gasteiger partial charge is 0.0807 e. The molecule has 0 radical (unpaired) electrons. The number of hydrogen-bond acceptors (Lipinski definition) is 1. The minimum atomic E-state index is -0.0808. The Bertz CT molecular complexity index is 632. The molecule has 5 heteroatoms. The van der Waals surface area contributed by atoms with Crippen molar-refractivity contribution >= 4 is 46.4 Å². The normalized spacial score (nSPS) is 16.5. The van der Waals surface area contributed by atoms with Crippen molar-refractivity contribution in [1.29, 1.82) is 0 Å². The van der Waals surface area contributed by atoms with Gasteiger partial charge in [-0.15, -0.1) is 0 Å². The first-order valence-electron chi connectivity index (χ1n) is 6.99. The summed E-state index contributed by atoms with van der Waals surface area (Å²) in [5.41, 5.74) is 1.93. The molecular formula is C17H16Cl4O. The van der Waals surface area contributed by atoms with Crippen LogP contribution >= 0.6 is 46.4 Å². The van der Waals surface area contributed by atoms with E-state index in [4.69, 9.17) is 51.1 Å². The fourth-order valence-electron chi connectivity index (χ4n) is 2.24. The van der Waals surface area contributed by atoms with Crippen LogP contribution in [0.25, 0.3) is 0 Å². The van der Waals surface area contributed by atoms with Crippen molar-refractivity contribution in [2.75, 3.05) is 0 Å². The summed E-state index contributed by atoms with van der Waals surface area (Å²) in [6.45, 7) is 2.47. The SMILES string of the molecule is CCC(OCc1ccc(Cl)cc1Cl)C1=C(Cl)C=C(Cl)C=CC1. The Hall–Kier alpha value is -0.440. The number of halogens is 4. The third kappa shape index (κ3) is 4.78. The molecule has 0 bridgehead atoms. The van der Waals surface area contributed by atoms with Crippen LogP contribution in [0.2, 0.25) is 10.0 Å². The maximum atomic E-state index is 6.34. The van der Waals surface area contributed by atoms with Crippen molar-refractivity contribution < 1.29 is 4.74 Å². The standard InChI is InChI=1S/C17H16Cl4O/c1-2-17(14-5-3-4-12(18)9-16(14)21)22-10-11-6-7-13(19)8-15(11)20/h3-4,6-9,17H,2,5,10H2,1H3. The van der Waals surface area contributed by atoms with Crippen LogP contribution in [0.1, 0.15) is 25.3 Å². The zero-order valence-corrected chi connectivity index (χ0v) is 15.1.